The first-order chi connectivity index (χ1) is 8.72. The quantitative estimate of drug-likeness (QED) is 0.721. The van der Waals surface area contributed by atoms with E-state index < -0.39 is 11.5 Å². The van der Waals surface area contributed by atoms with Gasteiger partial charge in [0.2, 0.25) is 0 Å². The number of ether oxygens (including phenoxy) is 1. The molecule has 18 heavy (non-hydrogen) atoms. The van der Waals surface area contributed by atoms with Gasteiger partial charge in [-0.3, -0.25) is 4.79 Å². The molecule has 0 unspecified atom stereocenters. The molecule has 0 aliphatic rings. The lowest BCUT2D eigenvalue weighted by Gasteiger charge is -2.09. The number of benzene rings is 1. The minimum absolute atomic E-state index is 0.179. The summed E-state index contributed by atoms with van der Waals surface area (Å²) in [6.07, 6.45) is 0.235. The van der Waals surface area contributed by atoms with Crippen LogP contribution in [0.4, 0.5) is 0 Å². The number of hydrogen-bond donors (Lipinski definition) is 3. The Labute approximate surface area is 103 Å². The second-order valence-corrected chi connectivity index (χ2v) is 3.74. The molecule has 4 N–H and O–H groups in total. The molecule has 1 aromatic heterocycles. The van der Waals surface area contributed by atoms with E-state index in [-0.39, 0.29) is 12.0 Å². The Morgan fingerprint density at radius 3 is 2.83 bits per heavy atom. The lowest BCUT2D eigenvalue weighted by molar-refractivity contribution is 0.274. The summed E-state index contributed by atoms with van der Waals surface area (Å²) in [4.78, 5) is 11.4. The zero-order valence-corrected chi connectivity index (χ0v) is 9.68. The Morgan fingerprint density at radius 1 is 1.39 bits per heavy atom. The Balaban J connectivity index is 2.26. The molecule has 2 rings (SSSR count). The van der Waals surface area contributed by atoms with Crippen LogP contribution in [0.15, 0.2) is 33.6 Å². The van der Waals surface area contributed by atoms with Gasteiger partial charge in [-0.25, -0.2) is 0 Å². The Bertz CT molecular complexity index is 573. The number of rotatable bonds is 5. The van der Waals surface area contributed by atoms with Gasteiger partial charge in [0, 0.05) is 13.0 Å². The predicted molar refractivity (Wildman–Crippen MR) is 64.8 cm³/mol. The van der Waals surface area contributed by atoms with Crippen LogP contribution >= 0.6 is 0 Å². The van der Waals surface area contributed by atoms with Crippen LogP contribution in [0.5, 0.6) is 11.7 Å². The van der Waals surface area contributed by atoms with E-state index in [0.29, 0.717) is 18.9 Å². The van der Waals surface area contributed by atoms with E-state index in [4.69, 9.17) is 10.5 Å². The SMILES string of the molecule is NCCOc1ccccc1Cc1c(O)o[nH]c1=O. The molecule has 6 heteroatoms. The van der Waals surface area contributed by atoms with Gasteiger partial charge in [0.15, 0.2) is 0 Å². The molecule has 0 fully saturated rings. The van der Waals surface area contributed by atoms with Gasteiger partial charge in [0.25, 0.3) is 5.56 Å². The Hall–Kier alpha value is -2.21. The van der Waals surface area contributed by atoms with Crippen molar-refractivity contribution < 1.29 is 14.4 Å². The predicted octanol–water partition coefficient (Wildman–Crippen LogP) is 0.602. The van der Waals surface area contributed by atoms with E-state index in [0.717, 1.165) is 5.56 Å². The molecular formula is C12H14N2O4. The topological polar surface area (TPSA) is 101 Å². The number of nitrogens with one attached hydrogen (secondary N) is 1. The van der Waals surface area contributed by atoms with Crippen LogP contribution in [0.1, 0.15) is 11.1 Å². The van der Waals surface area contributed by atoms with Gasteiger partial charge in [0.05, 0.1) is 0 Å². The molecule has 0 atom stereocenters. The molecule has 0 aliphatic heterocycles. The first-order valence-electron chi connectivity index (χ1n) is 5.52. The van der Waals surface area contributed by atoms with E-state index in [1.807, 2.05) is 18.2 Å². The second kappa shape index (κ2) is 5.42. The van der Waals surface area contributed by atoms with E-state index in [1.54, 1.807) is 6.07 Å². The first kappa shape index (κ1) is 12.3. The lowest BCUT2D eigenvalue weighted by atomic mass is 10.1. The van der Waals surface area contributed by atoms with Gasteiger partial charge in [0.1, 0.15) is 17.9 Å². The third-order valence-electron chi connectivity index (χ3n) is 2.49. The maximum atomic E-state index is 11.4. The molecule has 0 aliphatic carbocycles. The molecule has 0 amide bonds. The van der Waals surface area contributed by atoms with Gasteiger partial charge in [-0.05, 0) is 11.6 Å². The van der Waals surface area contributed by atoms with Crippen molar-refractivity contribution in [2.45, 2.75) is 6.42 Å². The molecule has 1 aromatic carbocycles. The summed E-state index contributed by atoms with van der Waals surface area (Å²) in [6, 6.07) is 7.26. The molecule has 0 radical (unpaired) electrons. The Morgan fingerprint density at radius 2 is 2.17 bits per heavy atom. The monoisotopic (exact) mass is 250 g/mol. The van der Waals surface area contributed by atoms with Gasteiger partial charge in [-0.1, -0.05) is 18.2 Å². The molecule has 6 nitrogen and oxygen atoms in total. The van der Waals surface area contributed by atoms with Gasteiger partial charge in [-0.15, -0.1) is 0 Å². The zero-order chi connectivity index (χ0) is 13.0. The number of H-pyrrole nitrogens is 1. The molecule has 0 saturated heterocycles. The van der Waals surface area contributed by atoms with Gasteiger partial charge in [-0.2, -0.15) is 5.16 Å². The summed E-state index contributed by atoms with van der Waals surface area (Å²) in [5.74, 6) is 0.247. The van der Waals surface area contributed by atoms with Crippen LogP contribution in [-0.2, 0) is 6.42 Å². The third-order valence-corrected chi connectivity index (χ3v) is 2.49. The molecule has 1 heterocycles. The zero-order valence-electron chi connectivity index (χ0n) is 9.68. The number of hydrogen-bond acceptors (Lipinski definition) is 5. The van der Waals surface area contributed by atoms with Crippen molar-refractivity contribution in [2.75, 3.05) is 13.2 Å². The van der Waals surface area contributed by atoms with E-state index in [9.17, 15) is 9.90 Å². The van der Waals surface area contributed by atoms with Crippen LogP contribution in [-0.4, -0.2) is 23.4 Å². The van der Waals surface area contributed by atoms with E-state index in [2.05, 4.69) is 9.68 Å². The molecule has 2 aromatic rings. The number of para-hydroxylation sites is 1. The molecule has 0 spiro atoms. The van der Waals surface area contributed by atoms with Crippen molar-refractivity contribution in [2.24, 2.45) is 5.73 Å². The highest BCUT2D eigenvalue weighted by Crippen LogP contribution is 2.23. The molecule has 0 bridgehead atoms. The summed E-state index contributed by atoms with van der Waals surface area (Å²) in [7, 11) is 0. The largest absolute Gasteiger partial charge is 0.492 e. The van der Waals surface area contributed by atoms with Crippen molar-refractivity contribution >= 4 is 0 Å². The van der Waals surface area contributed by atoms with Crippen LogP contribution < -0.4 is 16.0 Å². The highest BCUT2D eigenvalue weighted by atomic mass is 16.6. The third kappa shape index (κ3) is 2.54. The fourth-order valence-corrected chi connectivity index (χ4v) is 1.62. The summed E-state index contributed by atoms with van der Waals surface area (Å²) in [6.45, 7) is 0.802. The maximum absolute atomic E-state index is 11.4. The average Bonchev–Trinajstić information content (AvgIpc) is 2.69. The normalized spacial score (nSPS) is 10.5. The smallest absolute Gasteiger partial charge is 0.313 e. The molecule has 0 saturated carbocycles. The van der Waals surface area contributed by atoms with Crippen LogP contribution in [0.25, 0.3) is 0 Å². The summed E-state index contributed by atoms with van der Waals surface area (Å²) < 4.78 is 10.0. The fraction of sp³-hybridized carbons (Fsp3) is 0.250. The lowest BCUT2D eigenvalue weighted by Crippen LogP contribution is -2.12. The highest BCUT2D eigenvalue weighted by Gasteiger charge is 2.14. The summed E-state index contributed by atoms with van der Waals surface area (Å²) >= 11 is 0. The van der Waals surface area contributed by atoms with Crippen molar-refractivity contribution in [3.63, 3.8) is 0 Å². The van der Waals surface area contributed by atoms with Crippen molar-refractivity contribution in [3.05, 3.63) is 45.7 Å². The summed E-state index contributed by atoms with van der Waals surface area (Å²) in [5, 5.41) is 11.5. The van der Waals surface area contributed by atoms with E-state index >= 15 is 0 Å². The van der Waals surface area contributed by atoms with Crippen LogP contribution in [0.3, 0.4) is 0 Å². The van der Waals surface area contributed by atoms with Crippen molar-refractivity contribution in [1.29, 1.82) is 0 Å². The average molecular weight is 250 g/mol. The minimum Gasteiger partial charge on any atom is -0.492 e. The molecule has 96 valence electrons. The van der Waals surface area contributed by atoms with Gasteiger partial charge < -0.3 is 20.1 Å². The number of aromatic hydroxyl groups is 1. The fourth-order valence-electron chi connectivity index (χ4n) is 1.62. The van der Waals surface area contributed by atoms with Gasteiger partial charge >= 0.3 is 5.95 Å². The van der Waals surface area contributed by atoms with E-state index in [1.165, 1.54) is 0 Å². The number of aromatic nitrogens is 1. The van der Waals surface area contributed by atoms with Crippen molar-refractivity contribution in [3.8, 4) is 11.7 Å². The second-order valence-electron chi connectivity index (χ2n) is 3.74. The standard InChI is InChI=1S/C12H14N2O4/c13-5-6-17-10-4-2-1-3-8(10)7-9-11(15)14-18-12(9)16/h1-4,16H,5-7,13H2,(H,14,15). The maximum Gasteiger partial charge on any atom is 0.313 e. The summed E-state index contributed by atoms with van der Waals surface area (Å²) in [5.41, 5.74) is 5.90. The van der Waals surface area contributed by atoms with Crippen LogP contribution in [0.2, 0.25) is 0 Å². The molecular weight excluding hydrogens is 236 g/mol. The highest BCUT2D eigenvalue weighted by molar-refractivity contribution is 5.38. The van der Waals surface area contributed by atoms with Crippen molar-refractivity contribution in [1.82, 2.24) is 5.16 Å². The Kier molecular flexibility index (Phi) is 3.69. The number of nitrogens with two attached hydrogens (primary N) is 1. The number of aromatic amines is 1. The minimum atomic E-state index is -0.443. The first-order valence-corrected chi connectivity index (χ1v) is 5.52. The van der Waals surface area contributed by atoms with Crippen LogP contribution in [0, 0.1) is 0 Å².